The molecule has 2 aliphatic heterocycles. The van der Waals surface area contributed by atoms with Crippen LogP contribution in [0.3, 0.4) is 0 Å². The van der Waals surface area contributed by atoms with Gasteiger partial charge < -0.3 is 9.64 Å². The normalized spacial score (nSPS) is 19.4. The molecule has 2 unspecified atom stereocenters. The van der Waals surface area contributed by atoms with Gasteiger partial charge in [-0.3, -0.25) is 15.0 Å². The second-order valence-electron chi connectivity index (χ2n) is 8.94. The van der Waals surface area contributed by atoms with Crippen LogP contribution in [0, 0.1) is 0 Å². The van der Waals surface area contributed by atoms with E-state index in [1.54, 1.807) is 13.2 Å². The molecule has 0 radical (unpaired) electrons. The molecule has 0 aliphatic carbocycles. The van der Waals surface area contributed by atoms with Crippen LogP contribution in [0.5, 0.6) is 0 Å². The Bertz CT molecular complexity index is 1230. The zero-order valence-corrected chi connectivity index (χ0v) is 21.5. The maximum atomic E-state index is 13.6. The van der Waals surface area contributed by atoms with Gasteiger partial charge in [0.25, 0.3) is 11.8 Å². The Balaban J connectivity index is 1.45. The van der Waals surface area contributed by atoms with Crippen molar-refractivity contribution in [2.75, 3.05) is 25.1 Å². The molecule has 2 amide bonds. The van der Waals surface area contributed by atoms with Crippen LogP contribution < -0.4 is 10.3 Å². The third-order valence-corrected chi connectivity index (χ3v) is 8.41. The van der Waals surface area contributed by atoms with E-state index in [9.17, 15) is 9.59 Å². The molecule has 2 aliphatic rings. The molecule has 8 heteroatoms. The number of rotatable bonds is 7. The van der Waals surface area contributed by atoms with Crippen LogP contribution in [0.1, 0.15) is 30.0 Å². The number of anilines is 1. The maximum absolute atomic E-state index is 13.6. The predicted molar refractivity (Wildman–Crippen MR) is 143 cm³/mol. The predicted octanol–water partition coefficient (Wildman–Crippen LogP) is 5.08. The number of methoxy groups -OCH3 is 1. The average molecular weight is 522 g/mol. The number of ether oxygens (including phenoxy) is 1. The number of benzene rings is 3. The number of hydrogen-bond donors (Lipinski definition) is 1. The van der Waals surface area contributed by atoms with Crippen molar-refractivity contribution in [3.63, 3.8) is 0 Å². The van der Waals surface area contributed by atoms with Crippen molar-refractivity contribution in [2.24, 2.45) is 0 Å². The average Bonchev–Trinajstić information content (AvgIpc) is 3.19. The molecule has 0 bridgehead atoms. The lowest BCUT2D eigenvalue weighted by atomic mass is 9.97. The van der Waals surface area contributed by atoms with Gasteiger partial charge in [0.15, 0.2) is 5.25 Å². The standard InChI is InChI=1S/C28H28ClN3O3S/c1-35-22-14-16-31(17-15-22)21-11-7-10-20(18-21)25(19-8-3-2-4-9-19)32-28(34)26(27(33)30-32)36-24-13-6-5-12-23(24)29/h2-13,18,22,25-26H,14-17H2,1H3,(H,30,33). The number of carbonyl (C=O) groups excluding carboxylic acids is 2. The Kier molecular flexibility index (Phi) is 7.51. The van der Waals surface area contributed by atoms with Crippen molar-refractivity contribution < 1.29 is 14.3 Å². The van der Waals surface area contributed by atoms with Gasteiger partial charge in [-0.05, 0) is 48.2 Å². The van der Waals surface area contributed by atoms with E-state index < -0.39 is 11.3 Å². The first-order valence-corrected chi connectivity index (χ1v) is 13.3. The Morgan fingerprint density at radius 1 is 0.944 bits per heavy atom. The van der Waals surface area contributed by atoms with Crippen LogP contribution in [0.25, 0.3) is 0 Å². The molecule has 2 saturated heterocycles. The number of thioether (sulfide) groups is 1. The maximum Gasteiger partial charge on any atom is 0.265 e. The first-order valence-electron chi connectivity index (χ1n) is 12.0. The fourth-order valence-electron chi connectivity index (χ4n) is 4.80. The molecule has 2 heterocycles. The van der Waals surface area contributed by atoms with Crippen LogP contribution >= 0.6 is 23.4 Å². The van der Waals surface area contributed by atoms with Gasteiger partial charge >= 0.3 is 0 Å². The van der Waals surface area contributed by atoms with Gasteiger partial charge in [-0.2, -0.15) is 0 Å². The lowest BCUT2D eigenvalue weighted by Crippen LogP contribution is -2.40. The van der Waals surface area contributed by atoms with Crippen LogP contribution in [0.4, 0.5) is 5.69 Å². The lowest BCUT2D eigenvalue weighted by molar-refractivity contribution is -0.131. The molecule has 0 spiro atoms. The van der Waals surface area contributed by atoms with Crippen molar-refractivity contribution >= 4 is 40.9 Å². The number of hydrazine groups is 1. The molecule has 2 fully saturated rings. The van der Waals surface area contributed by atoms with Gasteiger partial charge in [0, 0.05) is 30.8 Å². The molecule has 0 aromatic heterocycles. The zero-order chi connectivity index (χ0) is 25.1. The number of nitrogens with zero attached hydrogens (tertiary/aromatic N) is 2. The van der Waals surface area contributed by atoms with E-state index in [0.717, 1.165) is 42.7 Å². The van der Waals surface area contributed by atoms with E-state index in [0.29, 0.717) is 16.0 Å². The molecular formula is C28H28ClN3O3S. The van der Waals surface area contributed by atoms with E-state index in [1.165, 1.54) is 16.8 Å². The summed E-state index contributed by atoms with van der Waals surface area (Å²) in [6.07, 6.45) is 2.25. The number of halogens is 1. The van der Waals surface area contributed by atoms with Crippen molar-refractivity contribution in [1.82, 2.24) is 10.4 Å². The minimum Gasteiger partial charge on any atom is -0.381 e. The summed E-state index contributed by atoms with van der Waals surface area (Å²) in [6, 6.07) is 24.8. The molecule has 186 valence electrons. The van der Waals surface area contributed by atoms with Gasteiger partial charge in [-0.15, -0.1) is 11.8 Å². The van der Waals surface area contributed by atoms with E-state index in [2.05, 4.69) is 22.5 Å². The fourth-order valence-corrected chi connectivity index (χ4v) is 6.04. The molecule has 5 rings (SSSR count). The highest BCUT2D eigenvalue weighted by atomic mass is 35.5. The Morgan fingerprint density at radius 3 is 2.36 bits per heavy atom. The van der Waals surface area contributed by atoms with E-state index >= 15 is 0 Å². The molecule has 36 heavy (non-hydrogen) atoms. The summed E-state index contributed by atoms with van der Waals surface area (Å²) < 4.78 is 5.52. The van der Waals surface area contributed by atoms with Gasteiger partial charge in [-0.1, -0.05) is 66.2 Å². The Labute approximate surface area is 220 Å². The second-order valence-corrected chi connectivity index (χ2v) is 10.5. The third kappa shape index (κ3) is 5.09. The molecule has 0 saturated carbocycles. The summed E-state index contributed by atoms with van der Waals surface area (Å²) >= 11 is 7.49. The summed E-state index contributed by atoms with van der Waals surface area (Å²) in [7, 11) is 1.77. The largest absolute Gasteiger partial charge is 0.381 e. The smallest absolute Gasteiger partial charge is 0.265 e. The zero-order valence-electron chi connectivity index (χ0n) is 20.0. The van der Waals surface area contributed by atoms with Crippen LogP contribution in [-0.2, 0) is 14.3 Å². The van der Waals surface area contributed by atoms with Crippen LogP contribution in [-0.4, -0.2) is 48.4 Å². The number of nitrogens with one attached hydrogen (secondary N) is 1. The number of carbonyl (C=O) groups is 2. The number of amides is 2. The minimum absolute atomic E-state index is 0.287. The molecule has 6 nitrogen and oxygen atoms in total. The highest BCUT2D eigenvalue weighted by Crippen LogP contribution is 2.37. The molecule has 1 N–H and O–H groups in total. The van der Waals surface area contributed by atoms with E-state index in [-0.39, 0.29) is 11.8 Å². The minimum atomic E-state index is -0.910. The fraction of sp³-hybridized carbons (Fsp3) is 0.286. The van der Waals surface area contributed by atoms with Crippen molar-refractivity contribution in [2.45, 2.75) is 35.1 Å². The topological polar surface area (TPSA) is 61.9 Å². The molecular weight excluding hydrogens is 494 g/mol. The van der Waals surface area contributed by atoms with Crippen molar-refractivity contribution in [1.29, 1.82) is 0 Å². The summed E-state index contributed by atoms with van der Waals surface area (Å²) in [5, 5.41) is 1.08. The van der Waals surface area contributed by atoms with Crippen LogP contribution in [0.2, 0.25) is 5.02 Å². The Hall–Kier alpha value is -3.00. The summed E-state index contributed by atoms with van der Waals surface area (Å²) in [4.78, 5) is 29.7. The summed E-state index contributed by atoms with van der Waals surface area (Å²) in [5.74, 6) is -0.631. The highest BCUT2D eigenvalue weighted by molar-refractivity contribution is 8.01. The number of hydrogen-bond acceptors (Lipinski definition) is 5. The van der Waals surface area contributed by atoms with Gasteiger partial charge in [0.1, 0.15) is 6.04 Å². The van der Waals surface area contributed by atoms with Crippen molar-refractivity contribution in [3.05, 3.63) is 95.0 Å². The highest BCUT2D eigenvalue weighted by Gasteiger charge is 2.44. The summed E-state index contributed by atoms with van der Waals surface area (Å²) in [6.45, 7) is 1.82. The molecule has 3 aromatic carbocycles. The quantitative estimate of drug-likeness (QED) is 0.439. The van der Waals surface area contributed by atoms with Crippen molar-refractivity contribution in [3.8, 4) is 0 Å². The lowest BCUT2D eigenvalue weighted by Gasteiger charge is -2.34. The monoisotopic (exact) mass is 521 g/mol. The number of piperidine rings is 1. The van der Waals surface area contributed by atoms with Gasteiger partial charge in [0.05, 0.1) is 11.1 Å². The SMILES string of the molecule is COC1CCN(c2cccc(C(c3ccccc3)N3NC(=O)C(Sc4ccccc4Cl)C3=O)c2)CC1. The first kappa shape index (κ1) is 24.7. The van der Waals surface area contributed by atoms with E-state index in [1.807, 2.05) is 60.7 Å². The van der Waals surface area contributed by atoms with Gasteiger partial charge in [0.2, 0.25) is 0 Å². The van der Waals surface area contributed by atoms with E-state index in [4.69, 9.17) is 16.3 Å². The Morgan fingerprint density at radius 2 is 1.64 bits per heavy atom. The first-order chi connectivity index (χ1) is 17.5. The third-order valence-electron chi connectivity index (χ3n) is 6.71. The molecule has 3 aromatic rings. The second kappa shape index (κ2) is 10.9. The summed E-state index contributed by atoms with van der Waals surface area (Å²) in [5.41, 5.74) is 5.81. The van der Waals surface area contributed by atoms with Crippen LogP contribution in [0.15, 0.2) is 83.8 Å². The van der Waals surface area contributed by atoms with Gasteiger partial charge in [-0.25, -0.2) is 5.01 Å². The molecule has 2 atom stereocenters.